The van der Waals surface area contributed by atoms with Gasteiger partial charge in [-0.3, -0.25) is 19.8 Å². The van der Waals surface area contributed by atoms with Gasteiger partial charge in [0.15, 0.2) is 5.82 Å². The van der Waals surface area contributed by atoms with Crippen LogP contribution in [0, 0.1) is 5.82 Å². The van der Waals surface area contributed by atoms with Gasteiger partial charge >= 0.3 is 6.18 Å². The van der Waals surface area contributed by atoms with Crippen molar-refractivity contribution < 1.29 is 27.1 Å². The highest BCUT2D eigenvalue weighted by Gasteiger charge is 2.38. The van der Waals surface area contributed by atoms with Gasteiger partial charge in [-0.25, -0.2) is 19.0 Å². The molecule has 1 saturated heterocycles. The second kappa shape index (κ2) is 9.02. The molecule has 1 aliphatic rings. The molecule has 0 radical (unpaired) electrons. The summed E-state index contributed by atoms with van der Waals surface area (Å²) in [5, 5.41) is 7.00. The highest BCUT2D eigenvalue weighted by atomic mass is 79.9. The monoisotopic (exact) mass is 530 g/mol. The maximum Gasteiger partial charge on any atom is 0.401 e. The SMILES string of the molecule is O=C(Cn1nc(OC2CN(CC(F)(F)F)C2)c2cc(Br)ccc2c1=O)Nc1ncc(F)cn1. The van der Waals surface area contributed by atoms with Gasteiger partial charge in [-0.2, -0.15) is 13.2 Å². The van der Waals surface area contributed by atoms with Crippen LogP contribution in [0.15, 0.2) is 39.9 Å². The van der Waals surface area contributed by atoms with Gasteiger partial charge in [-0.1, -0.05) is 15.9 Å². The number of likely N-dealkylation sites (tertiary alicyclic amines) is 1. The molecule has 1 fully saturated rings. The van der Waals surface area contributed by atoms with Crippen molar-refractivity contribution >= 4 is 38.6 Å². The number of carbonyl (C=O) groups is 1. The quantitative estimate of drug-likeness (QED) is 0.488. The molecule has 2 aromatic heterocycles. The maximum absolute atomic E-state index is 12.9. The number of anilines is 1. The van der Waals surface area contributed by atoms with Crippen molar-refractivity contribution in [1.29, 1.82) is 0 Å². The number of alkyl halides is 3. The first kappa shape index (κ1) is 23.0. The van der Waals surface area contributed by atoms with Crippen LogP contribution in [-0.2, 0) is 11.3 Å². The molecule has 14 heteroatoms. The number of amides is 1. The van der Waals surface area contributed by atoms with Crippen LogP contribution in [0.25, 0.3) is 10.8 Å². The summed E-state index contributed by atoms with van der Waals surface area (Å²) >= 11 is 3.30. The van der Waals surface area contributed by atoms with Gasteiger partial charge in [0.2, 0.25) is 17.7 Å². The first-order chi connectivity index (χ1) is 15.6. The molecular weight excluding hydrogens is 516 g/mol. The highest BCUT2D eigenvalue weighted by Crippen LogP contribution is 2.28. The molecule has 174 valence electrons. The normalized spacial score (nSPS) is 14.8. The molecule has 9 nitrogen and oxygen atoms in total. The molecule has 1 aromatic carbocycles. The van der Waals surface area contributed by atoms with Crippen LogP contribution in [0.4, 0.5) is 23.5 Å². The summed E-state index contributed by atoms with van der Waals surface area (Å²) in [5.74, 6) is -1.53. The molecule has 4 rings (SSSR count). The van der Waals surface area contributed by atoms with E-state index in [4.69, 9.17) is 4.74 Å². The van der Waals surface area contributed by atoms with Crippen LogP contribution in [0.3, 0.4) is 0 Å². The van der Waals surface area contributed by atoms with Crippen LogP contribution in [0.2, 0.25) is 0 Å². The predicted octanol–water partition coefficient (Wildman–Crippen LogP) is 2.35. The number of fused-ring (bicyclic) bond motifs is 1. The van der Waals surface area contributed by atoms with E-state index < -0.39 is 42.7 Å². The van der Waals surface area contributed by atoms with E-state index in [-0.39, 0.29) is 30.3 Å². The summed E-state index contributed by atoms with van der Waals surface area (Å²) < 4.78 is 57.8. The van der Waals surface area contributed by atoms with Gasteiger partial charge in [-0.15, -0.1) is 5.10 Å². The molecule has 0 atom stereocenters. The summed E-state index contributed by atoms with van der Waals surface area (Å²) in [6.07, 6.45) is -3.13. The minimum atomic E-state index is -4.31. The van der Waals surface area contributed by atoms with E-state index in [9.17, 15) is 27.2 Å². The molecule has 0 bridgehead atoms. The van der Waals surface area contributed by atoms with Gasteiger partial charge in [0.1, 0.15) is 12.6 Å². The lowest BCUT2D eigenvalue weighted by Gasteiger charge is -2.38. The Kier molecular flexibility index (Phi) is 6.30. The van der Waals surface area contributed by atoms with E-state index in [1.54, 1.807) is 12.1 Å². The van der Waals surface area contributed by atoms with E-state index >= 15 is 0 Å². The van der Waals surface area contributed by atoms with E-state index in [1.165, 1.54) is 11.0 Å². The minimum absolute atomic E-state index is 0.00777. The third-order valence-corrected chi connectivity index (χ3v) is 5.15. The Morgan fingerprint density at radius 3 is 2.58 bits per heavy atom. The number of nitrogens with zero attached hydrogens (tertiary/aromatic N) is 5. The summed E-state index contributed by atoms with van der Waals surface area (Å²) in [4.78, 5) is 33.6. The largest absolute Gasteiger partial charge is 0.470 e. The molecule has 0 aliphatic carbocycles. The first-order valence-electron chi connectivity index (χ1n) is 9.51. The van der Waals surface area contributed by atoms with Crippen molar-refractivity contribution in [1.82, 2.24) is 24.6 Å². The first-order valence-corrected chi connectivity index (χ1v) is 10.3. The third-order valence-electron chi connectivity index (χ3n) is 4.66. The topological polar surface area (TPSA) is 102 Å². The predicted molar refractivity (Wildman–Crippen MR) is 111 cm³/mol. The number of benzene rings is 1. The lowest BCUT2D eigenvalue weighted by molar-refractivity contribution is -0.162. The van der Waals surface area contributed by atoms with E-state index in [1.807, 2.05) is 0 Å². The fourth-order valence-electron chi connectivity index (χ4n) is 3.24. The zero-order valence-electron chi connectivity index (χ0n) is 16.6. The molecule has 3 heterocycles. The Balaban J connectivity index is 1.55. The van der Waals surface area contributed by atoms with Gasteiger partial charge < -0.3 is 4.74 Å². The second-order valence-corrected chi connectivity index (χ2v) is 8.20. The van der Waals surface area contributed by atoms with Crippen molar-refractivity contribution in [2.24, 2.45) is 0 Å². The Morgan fingerprint density at radius 1 is 1.21 bits per heavy atom. The van der Waals surface area contributed by atoms with Crippen molar-refractivity contribution in [3.05, 3.63) is 51.2 Å². The average Bonchev–Trinajstić information content (AvgIpc) is 2.70. The standard InChI is InChI=1S/C19H15BrF4N6O3/c20-10-1-2-13-14(3-10)16(33-12-6-29(7-12)9-19(22,23)24)28-30(17(13)32)8-15(31)27-18-25-4-11(21)5-26-18/h1-5,12H,6-9H2,(H,25,26,27,31). The fraction of sp³-hybridized carbons (Fsp3) is 0.316. The molecule has 0 saturated carbocycles. The number of ether oxygens (including phenoxy) is 1. The summed E-state index contributed by atoms with van der Waals surface area (Å²) in [6, 6.07) is 4.74. The van der Waals surface area contributed by atoms with Crippen LogP contribution in [-0.4, -0.2) is 62.5 Å². The summed E-state index contributed by atoms with van der Waals surface area (Å²) in [6.45, 7) is -1.49. The van der Waals surface area contributed by atoms with Crippen molar-refractivity contribution in [3.8, 4) is 5.88 Å². The average molecular weight is 531 g/mol. The minimum Gasteiger partial charge on any atom is -0.470 e. The zero-order chi connectivity index (χ0) is 23.8. The van der Waals surface area contributed by atoms with E-state index in [0.29, 0.717) is 9.86 Å². The lowest BCUT2D eigenvalue weighted by atomic mass is 10.1. The molecule has 1 N–H and O–H groups in total. The Bertz CT molecular complexity index is 1250. The second-order valence-electron chi connectivity index (χ2n) is 7.28. The fourth-order valence-corrected chi connectivity index (χ4v) is 3.60. The number of aromatic nitrogens is 4. The van der Waals surface area contributed by atoms with Gasteiger partial charge in [-0.05, 0) is 18.2 Å². The Hall–Kier alpha value is -3.13. The number of hydrogen-bond acceptors (Lipinski definition) is 7. The van der Waals surface area contributed by atoms with Crippen molar-refractivity contribution in [2.75, 3.05) is 25.0 Å². The van der Waals surface area contributed by atoms with Crippen molar-refractivity contribution in [3.63, 3.8) is 0 Å². The Morgan fingerprint density at radius 2 is 1.91 bits per heavy atom. The van der Waals surface area contributed by atoms with Gasteiger partial charge in [0, 0.05) is 17.6 Å². The molecular formula is C19H15BrF4N6O3. The van der Waals surface area contributed by atoms with Crippen LogP contribution in [0.1, 0.15) is 0 Å². The van der Waals surface area contributed by atoms with Crippen LogP contribution < -0.4 is 15.6 Å². The number of carbonyl (C=O) groups excluding carboxylic acids is 1. The summed E-state index contributed by atoms with van der Waals surface area (Å²) in [5.41, 5.74) is -0.577. The van der Waals surface area contributed by atoms with Crippen molar-refractivity contribution in [2.45, 2.75) is 18.8 Å². The maximum atomic E-state index is 12.9. The molecule has 33 heavy (non-hydrogen) atoms. The van der Waals surface area contributed by atoms with Crippen LogP contribution in [0.5, 0.6) is 5.88 Å². The molecule has 0 unspecified atom stereocenters. The number of nitrogens with one attached hydrogen (secondary N) is 1. The smallest absolute Gasteiger partial charge is 0.401 e. The number of hydrogen-bond donors (Lipinski definition) is 1. The summed E-state index contributed by atoms with van der Waals surface area (Å²) in [7, 11) is 0. The number of rotatable bonds is 6. The molecule has 0 spiro atoms. The third kappa shape index (κ3) is 5.63. The molecule has 3 aromatic rings. The lowest BCUT2D eigenvalue weighted by Crippen LogP contribution is -2.56. The molecule has 1 aliphatic heterocycles. The molecule has 1 amide bonds. The number of halogens is 5. The Labute approximate surface area is 191 Å². The van der Waals surface area contributed by atoms with Crippen LogP contribution >= 0.6 is 15.9 Å². The zero-order valence-corrected chi connectivity index (χ0v) is 18.2. The van der Waals surface area contributed by atoms with E-state index in [0.717, 1.165) is 17.1 Å². The van der Waals surface area contributed by atoms with Gasteiger partial charge in [0.25, 0.3) is 5.56 Å². The van der Waals surface area contributed by atoms with E-state index in [2.05, 4.69) is 36.3 Å². The highest BCUT2D eigenvalue weighted by molar-refractivity contribution is 9.10. The van der Waals surface area contributed by atoms with Gasteiger partial charge in [0.05, 0.1) is 29.7 Å².